The molecule has 32 heavy (non-hydrogen) atoms. The number of carbonyl (C=O) groups excluding carboxylic acids is 2. The SMILES string of the molecule is CC(=O)N1C(=O)O[C@H]2[C@H](C)O[C@@H](OC[C@H]3O[C@@H]4OC(C)(C)O[C@@H]4[C@H]4OC(C)(C)O[C@H]43)C[C@H]21. The molecule has 0 aromatic heterocycles. The van der Waals surface area contributed by atoms with E-state index in [1.165, 1.54) is 6.92 Å². The molecule has 0 radical (unpaired) electrons. The minimum atomic E-state index is -0.798. The minimum Gasteiger partial charge on any atom is -0.441 e. The predicted octanol–water partition coefficient (Wildman–Crippen LogP) is 1.27. The molecule has 0 aromatic carbocycles. The van der Waals surface area contributed by atoms with Gasteiger partial charge in [-0.2, -0.15) is 0 Å². The molecule has 11 heteroatoms. The lowest BCUT2D eigenvalue weighted by atomic mass is 9.98. The van der Waals surface area contributed by atoms with Gasteiger partial charge in [-0.3, -0.25) is 4.79 Å². The molecule has 5 fully saturated rings. The number of hydrogen-bond acceptors (Lipinski definition) is 10. The number of fused-ring (bicyclic) bond motifs is 4. The van der Waals surface area contributed by atoms with E-state index in [0.717, 1.165) is 4.90 Å². The Kier molecular flexibility index (Phi) is 5.32. The zero-order chi connectivity index (χ0) is 23.0. The molecule has 5 heterocycles. The Bertz CT molecular complexity index is 787. The summed E-state index contributed by atoms with van der Waals surface area (Å²) in [5.41, 5.74) is 0. The summed E-state index contributed by atoms with van der Waals surface area (Å²) in [4.78, 5) is 25.2. The van der Waals surface area contributed by atoms with Crippen molar-refractivity contribution in [2.75, 3.05) is 6.61 Å². The van der Waals surface area contributed by atoms with Gasteiger partial charge in [0, 0.05) is 13.3 Å². The molecule has 0 saturated carbocycles. The number of hydrogen-bond donors (Lipinski definition) is 0. The van der Waals surface area contributed by atoms with Gasteiger partial charge in [0.1, 0.15) is 24.4 Å². The molecular formula is C21H31NO10. The molecular weight excluding hydrogens is 426 g/mol. The molecule has 5 aliphatic heterocycles. The maximum atomic E-state index is 12.1. The van der Waals surface area contributed by atoms with Gasteiger partial charge in [-0.1, -0.05) is 0 Å². The van der Waals surface area contributed by atoms with Crippen molar-refractivity contribution >= 4 is 12.0 Å². The topological polar surface area (TPSA) is 111 Å². The summed E-state index contributed by atoms with van der Waals surface area (Å²) in [7, 11) is 0. The molecule has 0 unspecified atom stereocenters. The van der Waals surface area contributed by atoms with Crippen molar-refractivity contribution in [2.24, 2.45) is 0 Å². The van der Waals surface area contributed by atoms with Gasteiger partial charge in [0.25, 0.3) is 0 Å². The van der Waals surface area contributed by atoms with Gasteiger partial charge in [0.2, 0.25) is 5.91 Å². The number of ether oxygens (including phenoxy) is 8. The van der Waals surface area contributed by atoms with Crippen molar-refractivity contribution in [3.8, 4) is 0 Å². The normalized spacial score (nSPS) is 46.4. The average Bonchev–Trinajstić information content (AvgIpc) is 3.28. The van der Waals surface area contributed by atoms with Crippen LogP contribution in [0.4, 0.5) is 4.79 Å². The Labute approximate surface area is 186 Å². The van der Waals surface area contributed by atoms with Crippen molar-refractivity contribution in [3.63, 3.8) is 0 Å². The van der Waals surface area contributed by atoms with Crippen molar-refractivity contribution in [1.82, 2.24) is 4.90 Å². The van der Waals surface area contributed by atoms with Gasteiger partial charge in [-0.05, 0) is 34.6 Å². The van der Waals surface area contributed by atoms with Crippen molar-refractivity contribution in [2.45, 2.75) is 115 Å². The van der Waals surface area contributed by atoms with Gasteiger partial charge >= 0.3 is 6.09 Å². The van der Waals surface area contributed by atoms with E-state index in [-0.39, 0.29) is 18.6 Å². The zero-order valence-electron chi connectivity index (χ0n) is 19.1. The van der Waals surface area contributed by atoms with Crippen LogP contribution in [0, 0.1) is 0 Å². The van der Waals surface area contributed by atoms with Crippen molar-refractivity contribution in [1.29, 1.82) is 0 Å². The van der Waals surface area contributed by atoms with E-state index in [9.17, 15) is 9.59 Å². The lowest BCUT2D eigenvalue weighted by Crippen LogP contribution is -2.57. The number of imide groups is 1. The molecule has 0 spiro atoms. The highest BCUT2D eigenvalue weighted by Gasteiger charge is 2.61. The van der Waals surface area contributed by atoms with Gasteiger partial charge in [-0.25, -0.2) is 9.69 Å². The lowest BCUT2D eigenvalue weighted by molar-refractivity contribution is -0.270. The van der Waals surface area contributed by atoms with Gasteiger partial charge < -0.3 is 37.9 Å². The minimum absolute atomic E-state index is 0.150. The molecule has 0 aromatic rings. The van der Waals surface area contributed by atoms with E-state index in [1.807, 2.05) is 27.7 Å². The Hall–Kier alpha value is -1.34. The Morgan fingerprint density at radius 1 is 1.00 bits per heavy atom. The van der Waals surface area contributed by atoms with E-state index in [4.69, 9.17) is 37.9 Å². The fourth-order valence-corrected chi connectivity index (χ4v) is 5.25. The Morgan fingerprint density at radius 2 is 1.66 bits per heavy atom. The molecule has 0 aliphatic carbocycles. The van der Waals surface area contributed by atoms with E-state index in [2.05, 4.69) is 0 Å². The molecule has 180 valence electrons. The maximum Gasteiger partial charge on any atom is 0.417 e. The molecule has 0 bridgehead atoms. The van der Waals surface area contributed by atoms with Crippen LogP contribution in [-0.4, -0.2) is 90.3 Å². The summed E-state index contributed by atoms with van der Waals surface area (Å²) in [6, 6.07) is -0.435. The van der Waals surface area contributed by atoms with E-state index in [1.54, 1.807) is 6.92 Å². The largest absolute Gasteiger partial charge is 0.441 e. The van der Waals surface area contributed by atoms with Gasteiger partial charge in [-0.15, -0.1) is 0 Å². The van der Waals surface area contributed by atoms with E-state index in [0.29, 0.717) is 6.42 Å². The first-order valence-electron chi connectivity index (χ1n) is 11.1. The van der Waals surface area contributed by atoms with Crippen LogP contribution in [0.1, 0.15) is 48.0 Å². The lowest BCUT2D eigenvalue weighted by Gasteiger charge is -2.39. The summed E-state index contributed by atoms with van der Waals surface area (Å²) < 4.78 is 47.6. The maximum absolute atomic E-state index is 12.1. The fraction of sp³-hybridized carbons (Fsp3) is 0.905. The second-order valence-corrected chi connectivity index (χ2v) is 9.85. The van der Waals surface area contributed by atoms with Crippen LogP contribution in [0.15, 0.2) is 0 Å². The quantitative estimate of drug-likeness (QED) is 0.614. The third-order valence-corrected chi connectivity index (χ3v) is 6.44. The first kappa shape index (κ1) is 22.5. The molecule has 5 aliphatic rings. The number of carbonyl (C=O) groups is 2. The van der Waals surface area contributed by atoms with E-state index >= 15 is 0 Å². The second kappa shape index (κ2) is 7.59. The molecule has 5 saturated heterocycles. The molecule has 11 nitrogen and oxygen atoms in total. The molecule has 2 amide bonds. The molecule has 9 atom stereocenters. The van der Waals surface area contributed by atoms with Crippen LogP contribution < -0.4 is 0 Å². The number of amides is 2. The number of nitrogens with zero attached hydrogens (tertiary/aromatic N) is 1. The molecule has 0 N–H and O–H groups in total. The van der Waals surface area contributed by atoms with Crippen molar-refractivity contribution < 1.29 is 47.5 Å². The Balaban J connectivity index is 1.27. The fourth-order valence-electron chi connectivity index (χ4n) is 5.25. The monoisotopic (exact) mass is 457 g/mol. The summed E-state index contributed by atoms with van der Waals surface area (Å²) in [5.74, 6) is -1.96. The highest BCUT2D eigenvalue weighted by molar-refractivity contribution is 5.92. The van der Waals surface area contributed by atoms with Crippen molar-refractivity contribution in [3.05, 3.63) is 0 Å². The highest BCUT2D eigenvalue weighted by atomic mass is 16.9. The third-order valence-electron chi connectivity index (χ3n) is 6.44. The highest BCUT2D eigenvalue weighted by Crippen LogP contribution is 2.44. The van der Waals surface area contributed by atoms with E-state index < -0.39 is 66.8 Å². The summed E-state index contributed by atoms with van der Waals surface area (Å²) in [5, 5.41) is 0. The first-order chi connectivity index (χ1) is 14.9. The zero-order valence-corrected chi connectivity index (χ0v) is 19.1. The smallest absolute Gasteiger partial charge is 0.417 e. The summed E-state index contributed by atoms with van der Waals surface area (Å²) >= 11 is 0. The average molecular weight is 457 g/mol. The van der Waals surface area contributed by atoms with Gasteiger partial charge in [0.15, 0.2) is 30.3 Å². The van der Waals surface area contributed by atoms with Crippen LogP contribution in [-0.2, 0) is 42.7 Å². The molecule has 5 rings (SSSR count). The Morgan fingerprint density at radius 3 is 2.38 bits per heavy atom. The second-order valence-electron chi connectivity index (χ2n) is 9.85. The number of rotatable bonds is 3. The standard InChI is InChI=1S/C21H31NO10/c1-9-14-11(22(10(2)23)19(24)28-14)7-13(26-9)25-8-12-15-16(30-20(3,4)29-15)17-18(27-12)32-21(5,6)31-17/h9,11-18H,7-8H2,1-6H3/t9-,11+,12+,13+,14-,15-,16-,17+,18+/m0/s1. The van der Waals surface area contributed by atoms with Crippen LogP contribution in [0.5, 0.6) is 0 Å². The van der Waals surface area contributed by atoms with Crippen LogP contribution in [0.25, 0.3) is 0 Å². The summed E-state index contributed by atoms with van der Waals surface area (Å²) in [6.07, 6.45) is -4.21. The van der Waals surface area contributed by atoms with Crippen LogP contribution in [0.2, 0.25) is 0 Å². The summed E-state index contributed by atoms with van der Waals surface area (Å²) in [6.45, 7) is 10.6. The third kappa shape index (κ3) is 3.83. The predicted molar refractivity (Wildman–Crippen MR) is 104 cm³/mol. The van der Waals surface area contributed by atoms with Gasteiger partial charge in [0.05, 0.1) is 18.8 Å². The van der Waals surface area contributed by atoms with Crippen LogP contribution in [0.3, 0.4) is 0 Å². The first-order valence-corrected chi connectivity index (χ1v) is 11.1. The van der Waals surface area contributed by atoms with Crippen LogP contribution >= 0.6 is 0 Å².